The molecule has 0 spiro atoms. The zero-order chi connectivity index (χ0) is 13.5. The summed E-state index contributed by atoms with van der Waals surface area (Å²) >= 11 is 0. The van der Waals surface area contributed by atoms with Crippen LogP contribution in [0, 0.1) is 6.92 Å². The molecular formula is C16H26N2O. The van der Waals surface area contributed by atoms with E-state index in [4.69, 9.17) is 4.74 Å². The van der Waals surface area contributed by atoms with Gasteiger partial charge in [-0.25, -0.2) is 0 Å². The van der Waals surface area contributed by atoms with E-state index in [2.05, 4.69) is 36.2 Å². The van der Waals surface area contributed by atoms with Crippen molar-refractivity contribution in [3.05, 3.63) is 29.8 Å². The van der Waals surface area contributed by atoms with Crippen LogP contribution in [0.5, 0.6) is 5.75 Å². The van der Waals surface area contributed by atoms with E-state index < -0.39 is 0 Å². The van der Waals surface area contributed by atoms with Gasteiger partial charge in [-0.05, 0) is 44.0 Å². The zero-order valence-electron chi connectivity index (χ0n) is 12.2. The van der Waals surface area contributed by atoms with E-state index in [-0.39, 0.29) is 0 Å². The molecule has 1 N–H and O–H groups in total. The van der Waals surface area contributed by atoms with Gasteiger partial charge in [-0.1, -0.05) is 19.1 Å². The molecule has 0 amide bonds. The maximum Gasteiger partial charge on any atom is 0.119 e. The van der Waals surface area contributed by atoms with E-state index in [0.717, 1.165) is 32.0 Å². The highest BCUT2D eigenvalue weighted by atomic mass is 16.5. The molecule has 3 heteroatoms. The molecule has 0 aromatic heterocycles. The molecule has 19 heavy (non-hydrogen) atoms. The Morgan fingerprint density at radius 3 is 3.05 bits per heavy atom. The van der Waals surface area contributed by atoms with E-state index in [1.54, 1.807) is 0 Å². The molecule has 0 saturated carbocycles. The Bertz CT molecular complexity index is 381. The van der Waals surface area contributed by atoms with Crippen LogP contribution < -0.4 is 10.1 Å². The third kappa shape index (κ3) is 4.84. The maximum atomic E-state index is 5.82. The molecule has 1 unspecified atom stereocenters. The van der Waals surface area contributed by atoms with Crippen molar-refractivity contribution in [2.24, 2.45) is 0 Å². The van der Waals surface area contributed by atoms with E-state index in [1.807, 2.05) is 12.1 Å². The van der Waals surface area contributed by atoms with E-state index in [9.17, 15) is 0 Å². The Hall–Kier alpha value is -1.06. The van der Waals surface area contributed by atoms with Gasteiger partial charge in [0.2, 0.25) is 0 Å². The largest absolute Gasteiger partial charge is 0.492 e. The van der Waals surface area contributed by atoms with Crippen molar-refractivity contribution in [3.63, 3.8) is 0 Å². The van der Waals surface area contributed by atoms with Gasteiger partial charge in [0, 0.05) is 25.7 Å². The average Bonchev–Trinajstić information content (AvgIpc) is 2.64. The first-order chi connectivity index (χ1) is 9.28. The van der Waals surface area contributed by atoms with Gasteiger partial charge < -0.3 is 10.1 Å². The van der Waals surface area contributed by atoms with Crippen LogP contribution >= 0.6 is 0 Å². The minimum absolute atomic E-state index is 0.697. The number of hydrogen-bond acceptors (Lipinski definition) is 3. The normalized spacial score (nSPS) is 21.1. The molecule has 106 valence electrons. The summed E-state index contributed by atoms with van der Waals surface area (Å²) in [7, 11) is 0. The van der Waals surface area contributed by atoms with Crippen LogP contribution in [0.15, 0.2) is 24.3 Å². The van der Waals surface area contributed by atoms with E-state index >= 15 is 0 Å². The molecular weight excluding hydrogens is 236 g/mol. The highest BCUT2D eigenvalue weighted by Crippen LogP contribution is 2.12. The lowest BCUT2D eigenvalue weighted by atomic mass is 10.1. The third-order valence-corrected chi connectivity index (χ3v) is 3.81. The van der Waals surface area contributed by atoms with Crippen LogP contribution in [0.1, 0.15) is 25.3 Å². The molecule has 3 nitrogen and oxygen atoms in total. The standard InChI is InChI=1S/C16H26N2O/c1-3-15-7-9-18(10-8-17-15)11-12-19-16-6-4-5-14(2)13-16/h4-6,13,15,17H,3,7-12H2,1-2H3. The molecule has 1 aliphatic heterocycles. The Morgan fingerprint density at radius 2 is 2.26 bits per heavy atom. The summed E-state index contributed by atoms with van der Waals surface area (Å²) in [5.41, 5.74) is 1.25. The summed E-state index contributed by atoms with van der Waals surface area (Å²) in [6.07, 6.45) is 2.48. The van der Waals surface area contributed by atoms with Crippen LogP contribution in [-0.4, -0.2) is 43.7 Å². The monoisotopic (exact) mass is 262 g/mol. The predicted octanol–water partition coefficient (Wildman–Crippen LogP) is 2.45. The number of rotatable bonds is 5. The van der Waals surface area contributed by atoms with Gasteiger partial charge in [-0.2, -0.15) is 0 Å². The third-order valence-electron chi connectivity index (χ3n) is 3.81. The van der Waals surface area contributed by atoms with Crippen LogP contribution in [0.2, 0.25) is 0 Å². The summed E-state index contributed by atoms with van der Waals surface area (Å²) in [4.78, 5) is 2.50. The topological polar surface area (TPSA) is 24.5 Å². The first-order valence-corrected chi connectivity index (χ1v) is 7.43. The quantitative estimate of drug-likeness (QED) is 0.882. The van der Waals surface area contributed by atoms with Gasteiger partial charge in [0.25, 0.3) is 0 Å². The van der Waals surface area contributed by atoms with Crippen LogP contribution in [0.4, 0.5) is 0 Å². The summed E-state index contributed by atoms with van der Waals surface area (Å²) in [6, 6.07) is 8.97. The predicted molar refractivity (Wildman–Crippen MR) is 79.8 cm³/mol. The lowest BCUT2D eigenvalue weighted by Crippen LogP contribution is -2.32. The Kier molecular flexibility index (Phi) is 5.67. The molecule has 2 rings (SSSR count). The Balaban J connectivity index is 1.70. The summed E-state index contributed by atoms with van der Waals surface area (Å²) in [6.45, 7) is 9.57. The Labute approximate surface area is 116 Å². The number of benzene rings is 1. The number of hydrogen-bond donors (Lipinski definition) is 1. The first kappa shape index (κ1) is 14.4. The van der Waals surface area contributed by atoms with Crippen LogP contribution in [0.25, 0.3) is 0 Å². The van der Waals surface area contributed by atoms with E-state index in [1.165, 1.54) is 24.9 Å². The van der Waals surface area contributed by atoms with Crippen molar-refractivity contribution in [2.45, 2.75) is 32.7 Å². The second kappa shape index (κ2) is 7.51. The van der Waals surface area contributed by atoms with Crippen molar-refractivity contribution in [1.82, 2.24) is 10.2 Å². The minimum atomic E-state index is 0.697. The number of aryl methyl sites for hydroxylation is 1. The number of nitrogens with one attached hydrogen (secondary N) is 1. The molecule has 1 aliphatic rings. The van der Waals surface area contributed by atoms with Crippen LogP contribution in [-0.2, 0) is 0 Å². The molecule has 1 saturated heterocycles. The second-order valence-corrected chi connectivity index (χ2v) is 5.35. The minimum Gasteiger partial charge on any atom is -0.492 e. The van der Waals surface area contributed by atoms with Crippen molar-refractivity contribution in [3.8, 4) is 5.75 Å². The zero-order valence-corrected chi connectivity index (χ0v) is 12.2. The average molecular weight is 262 g/mol. The van der Waals surface area contributed by atoms with Gasteiger partial charge in [-0.15, -0.1) is 0 Å². The van der Waals surface area contributed by atoms with Gasteiger partial charge in [0.15, 0.2) is 0 Å². The van der Waals surface area contributed by atoms with Gasteiger partial charge >= 0.3 is 0 Å². The molecule has 0 aliphatic carbocycles. The maximum absolute atomic E-state index is 5.82. The van der Waals surface area contributed by atoms with Crippen LogP contribution in [0.3, 0.4) is 0 Å². The smallest absolute Gasteiger partial charge is 0.119 e. The van der Waals surface area contributed by atoms with Crippen molar-refractivity contribution < 1.29 is 4.74 Å². The van der Waals surface area contributed by atoms with Gasteiger partial charge in [-0.3, -0.25) is 4.90 Å². The van der Waals surface area contributed by atoms with E-state index in [0.29, 0.717) is 6.04 Å². The molecule has 1 aromatic carbocycles. The summed E-state index contributed by atoms with van der Waals surface area (Å²) in [5.74, 6) is 0.986. The summed E-state index contributed by atoms with van der Waals surface area (Å²) < 4.78 is 5.82. The lowest BCUT2D eigenvalue weighted by molar-refractivity contribution is 0.216. The lowest BCUT2D eigenvalue weighted by Gasteiger charge is -2.19. The SMILES string of the molecule is CCC1CCN(CCOc2cccc(C)c2)CCN1. The number of ether oxygens (including phenoxy) is 1. The molecule has 1 atom stereocenters. The fourth-order valence-corrected chi connectivity index (χ4v) is 2.55. The van der Waals surface area contributed by atoms with Crippen molar-refractivity contribution in [1.29, 1.82) is 0 Å². The Morgan fingerprint density at radius 1 is 1.37 bits per heavy atom. The highest BCUT2D eigenvalue weighted by molar-refractivity contribution is 5.27. The van der Waals surface area contributed by atoms with Gasteiger partial charge in [0.05, 0.1) is 0 Å². The van der Waals surface area contributed by atoms with Gasteiger partial charge in [0.1, 0.15) is 12.4 Å². The molecule has 1 aromatic rings. The highest BCUT2D eigenvalue weighted by Gasteiger charge is 2.14. The molecule has 1 fully saturated rings. The molecule has 1 heterocycles. The second-order valence-electron chi connectivity index (χ2n) is 5.35. The fourth-order valence-electron chi connectivity index (χ4n) is 2.55. The summed E-state index contributed by atoms with van der Waals surface area (Å²) in [5, 5.41) is 3.59. The fraction of sp³-hybridized carbons (Fsp3) is 0.625. The molecule has 0 bridgehead atoms. The van der Waals surface area contributed by atoms with Crippen molar-refractivity contribution >= 4 is 0 Å². The number of nitrogens with zero attached hydrogens (tertiary/aromatic N) is 1. The molecule has 0 radical (unpaired) electrons. The first-order valence-electron chi connectivity index (χ1n) is 7.43. The van der Waals surface area contributed by atoms with Crippen molar-refractivity contribution in [2.75, 3.05) is 32.8 Å².